The molecule has 0 saturated heterocycles. The number of para-hydroxylation sites is 2. The van der Waals surface area contributed by atoms with Gasteiger partial charge in [0, 0.05) is 16.8 Å². The lowest BCUT2D eigenvalue weighted by Crippen LogP contribution is -2.33. The van der Waals surface area contributed by atoms with Crippen LogP contribution < -0.4 is 10.2 Å². The predicted octanol–water partition coefficient (Wildman–Crippen LogP) is 6.07. The van der Waals surface area contributed by atoms with E-state index in [1.165, 1.54) is 0 Å². The van der Waals surface area contributed by atoms with Crippen molar-refractivity contribution in [2.45, 2.75) is 13.1 Å². The summed E-state index contributed by atoms with van der Waals surface area (Å²) in [7, 11) is 0. The number of hydrogen-bond acceptors (Lipinski definition) is 2. The molecule has 1 heterocycles. The van der Waals surface area contributed by atoms with Crippen LogP contribution in [0.25, 0.3) is 0 Å². The van der Waals surface area contributed by atoms with Gasteiger partial charge in [-0.15, -0.1) is 0 Å². The molecule has 0 fully saturated rings. The number of amides is 1. The minimum atomic E-state index is -0.391. The molecule has 0 aromatic heterocycles. The third-order valence-electron chi connectivity index (χ3n) is 4.58. The van der Waals surface area contributed by atoms with Crippen LogP contribution in [0, 0.1) is 6.92 Å². The molecule has 26 heavy (non-hydrogen) atoms. The quantitative estimate of drug-likeness (QED) is 0.595. The normalized spacial score (nSPS) is 15.9. The fourth-order valence-electron chi connectivity index (χ4n) is 3.31. The Morgan fingerprint density at radius 1 is 0.885 bits per heavy atom. The van der Waals surface area contributed by atoms with Gasteiger partial charge in [-0.2, -0.15) is 0 Å². The average Bonchev–Trinajstić information content (AvgIpc) is 2.91. The van der Waals surface area contributed by atoms with Crippen LogP contribution in [0.15, 0.2) is 66.7 Å². The maximum absolute atomic E-state index is 13.1. The van der Waals surface area contributed by atoms with Crippen LogP contribution in [-0.2, 0) is 0 Å². The monoisotopic (exact) mass is 382 g/mol. The first-order valence-corrected chi connectivity index (χ1v) is 9.02. The Hall–Kier alpha value is -2.49. The van der Waals surface area contributed by atoms with E-state index in [1.807, 2.05) is 55.5 Å². The second-order valence-corrected chi connectivity index (χ2v) is 7.01. The Morgan fingerprint density at radius 3 is 2.27 bits per heavy atom. The molecule has 0 spiro atoms. The number of anilines is 2. The Morgan fingerprint density at radius 2 is 1.54 bits per heavy atom. The lowest BCUT2D eigenvalue weighted by Gasteiger charge is -2.29. The van der Waals surface area contributed by atoms with Gasteiger partial charge in [0.1, 0.15) is 6.17 Å². The number of fused-ring (bicyclic) bond motifs is 1. The highest BCUT2D eigenvalue weighted by molar-refractivity contribution is 6.39. The molecule has 0 bridgehead atoms. The fourth-order valence-corrected chi connectivity index (χ4v) is 3.82. The van der Waals surface area contributed by atoms with Gasteiger partial charge < -0.3 is 5.32 Å². The zero-order valence-corrected chi connectivity index (χ0v) is 15.6. The van der Waals surface area contributed by atoms with Crippen molar-refractivity contribution in [3.63, 3.8) is 0 Å². The highest BCUT2D eigenvalue weighted by Crippen LogP contribution is 2.41. The van der Waals surface area contributed by atoms with Crippen molar-refractivity contribution in [2.75, 3.05) is 10.2 Å². The van der Waals surface area contributed by atoms with Crippen molar-refractivity contribution < 1.29 is 4.79 Å². The molecule has 1 amide bonds. The summed E-state index contributed by atoms with van der Waals surface area (Å²) >= 11 is 12.7. The van der Waals surface area contributed by atoms with Crippen molar-refractivity contribution in [3.05, 3.63) is 93.5 Å². The number of aryl methyl sites for hydroxylation is 1. The minimum Gasteiger partial charge on any atom is -0.359 e. The zero-order chi connectivity index (χ0) is 18.3. The maximum Gasteiger partial charge on any atom is 0.260 e. The van der Waals surface area contributed by atoms with Crippen molar-refractivity contribution in [3.8, 4) is 0 Å². The van der Waals surface area contributed by atoms with Crippen molar-refractivity contribution in [2.24, 2.45) is 0 Å². The topological polar surface area (TPSA) is 32.3 Å². The van der Waals surface area contributed by atoms with E-state index < -0.39 is 6.17 Å². The second kappa shape index (κ2) is 6.67. The summed E-state index contributed by atoms with van der Waals surface area (Å²) in [5.41, 5.74) is 4.07. The number of nitrogens with zero attached hydrogens (tertiary/aromatic N) is 1. The van der Waals surface area contributed by atoms with Gasteiger partial charge in [-0.1, -0.05) is 65.7 Å². The van der Waals surface area contributed by atoms with Gasteiger partial charge in [-0.25, -0.2) is 0 Å². The fraction of sp³-hybridized carbons (Fsp3) is 0.0952. The number of rotatable bonds is 3. The Labute approximate surface area is 162 Å². The average molecular weight is 383 g/mol. The summed E-state index contributed by atoms with van der Waals surface area (Å²) in [5, 5.41) is 4.41. The summed E-state index contributed by atoms with van der Waals surface area (Å²) in [6, 6.07) is 20.8. The highest BCUT2D eigenvalue weighted by atomic mass is 35.5. The summed E-state index contributed by atoms with van der Waals surface area (Å²) in [5.74, 6) is -0.0458. The van der Waals surface area contributed by atoms with Crippen molar-refractivity contribution >= 4 is 40.5 Å². The Bertz CT molecular complexity index is 983. The first-order chi connectivity index (χ1) is 12.6. The van der Waals surface area contributed by atoms with E-state index in [9.17, 15) is 4.79 Å². The maximum atomic E-state index is 13.1. The molecule has 3 nitrogen and oxygen atoms in total. The number of nitrogens with one attached hydrogen (secondary N) is 1. The standard InChI is InChI=1S/C21H16Cl2N2O/c1-13-7-2-5-12-18(13)25-20(14-8-3-4-9-15(14)21(25)26)24-19-16(22)10-6-11-17(19)23/h2-12,20,24H,1H3. The molecular formula is C21H16Cl2N2O. The lowest BCUT2D eigenvalue weighted by molar-refractivity contribution is 0.0993. The molecule has 0 aliphatic carbocycles. The molecule has 130 valence electrons. The van der Waals surface area contributed by atoms with Crippen LogP contribution in [0.5, 0.6) is 0 Å². The third-order valence-corrected chi connectivity index (χ3v) is 5.21. The molecule has 5 heteroatoms. The molecule has 1 unspecified atom stereocenters. The molecule has 0 radical (unpaired) electrons. The van der Waals surface area contributed by atoms with Crippen molar-refractivity contribution in [1.29, 1.82) is 0 Å². The number of carbonyl (C=O) groups excluding carboxylic acids is 1. The van der Waals surface area contributed by atoms with Gasteiger partial charge in [-0.05, 0) is 36.8 Å². The van der Waals surface area contributed by atoms with Crippen molar-refractivity contribution in [1.82, 2.24) is 0 Å². The molecule has 1 aliphatic heterocycles. The van der Waals surface area contributed by atoms with E-state index in [0.29, 0.717) is 21.3 Å². The lowest BCUT2D eigenvalue weighted by atomic mass is 10.1. The molecule has 3 aromatic rings. The number of benzene rings is 3. The smallest absolute Gasteiger partial charge is 0.260 e. The van der Waals surface area contributed by atoms with Crippen LogP contribution in [0.1, 0.15) is 27.7 Å². The predicted molar refractivity (Wildman–Crippen MR) is 107 cm³/mol. The summed E-state index contributed by atoms with van der Waals surface area (Å²) in [4.78, 5) is 14.9. The second-order valence-electron chi connectivity index (χ2n) is 6.19. The molecule has 0 saturated carbocycles. The van der Waals surface area contributed by atoms with Gasteiger partial charge in [-0.3, -0.25) is 9.69 Å². The summed E-state index contributed by atoms with van der Waals surface area (Å²) in [6.07, 6.45) is -0.391. The van der Waals surface area contributed by atoms with Gasteiger partial charge >= 0.3 is 0 Å². The molecule has 1 atom stereocenters. The van der Waals surface area contributed by atoms with E-state index in [2.05, 4.69) is 5.32 Å². The Balaban J connectivity index is 1.86. The summed E-state index contributed by atoms with van der Waals surface area (Å²) < 4.78 is 0. The number of carbonyl (C=O) groups is 1. The van der Waals surface area contributed by atoms with E-state index >= 15 is 0 Å². The molecule has 1 N–H and O–H groups in total. The summed E-state index contributed by atoms with van der Waals surface area (Å²) in [6.45, 7) is 1.99. The van der Waals surface area contributed by atoms with Gasteiger partial charge in [0.05, 0.1) is 15.7 Å². The first kappa shape index (κ1) is 17.0. The van der Waals surface area contributed by atoms with E-state index in [1.54, 1.807) is 23.1 Å². The van der Waals surface area contributed by atoms with Crippen LogP contribution in [-0.4, -0.2) is 5.91 Å². The molecule has 1 aliphatic rings. The van der Waals surface area contributed by atoms with Crippen LogP contribution in [0.4, 0.5) is 11.4 Å². The van der Waals surface area contributed by atoms with Gasteiger partial charge in [0.15, 0.2) is 0 Å². The van der Waals surface area contributed by atoms with Crippen LogP contribution in [0.3, 0.4) is 0 Å². The van der Waals surface area contributed by atoms with E-state index in [0.717, 1.165) is 16.8 Å². The van der Waals surface area contributed by atoms with E-state index in [4.69, 9.17) is 23.2 Å². The molecule has 4 rings (SSSR count). The van der Waals surface area contributed by atoms with Gasteiger partial charge in [0.25, 0.3) is 5.91 Å². The minimum absolute atomic E-state index is 0.0458. The molecular weight excluding hydrogens is 367 g/mol. The zero-order valence-electron chi connectivity index (χ0n) is 14.0. The molecule has 3 aromatic carbocycles. The Kier molecular flexibility index (Phi) is 4.35. The SMILES string of the molecule is Cc1ccccc1N1C(=O)c2ccccc2C1Nc1c(Cl)cccc1Cl. The highest BCUT2D eigenvalue weighted by Gasteiger charge is 2.38. The van der Waals surface area contributed by atoms with Gasteiger partial charge in [0.2, 0.25) is 0 Å². The third kappa shape index (κ3) is 2.74. The first-order valence-electron chi connectivity index (χ1n) is 8.26. The number of halogens is 2. The van der Waals surface area contributed by atoms with E-state index in [-0.39, 0.29) is 5.91 Å². The van der Waals surface area contributed by atoms with Crippen LogP contribution >= 0.6 is 23.2 Å². The van der Waals surface area contributed by atoms with Crippen LogP contribution in [0.2, 0.25) is 10.0 Å². The largest absolute Gasteiger partial charge is 0.359 e. The number of hydrogen-bond donors (Lipinski definition) is 1.